The van der Waals surface area contributed by atoms with Crippen molar-refractivity contribution in [3.05, 3.63) is 30.1 Å². The van der Waals surface area contributed by atoms with Crippen LogP contribution in [0.25, 0.3) is 0 Å². The number of aromatic nitrogens is 1. The average molecular weight is 249 g/mol. The van der Waals surface area contributed by atoms with Gasteiger partial charge < -0.3 is 10.5 Å². The zero-order valence-corrected chi connectivity index (χ0v) is 11.1. The second-order valence-corrected chi connectivity index (χ2v) is 4.72. The van der Waals surface area contributed by atoms with Gasteiger partial charge in [0.25, 0.3) is 0 Å². The summed E-state index contributed by atoms with van der Waals surface area (Å²) in [5, 5.41) is 0. The molecule has 0 saturated carbocycles. The van der Waals surface area contributed by atoms with Gasteiger partial charge in [-0.2, -0.15) is 0 Å². The molecule has 18 heavy (non-hydrogen) atoms. The summed E-state index contributed by atoms with van der Waals surface area (Å²) in [5.41, 5.74) is 7.00. The monoisotopic (exact) mass is 249 g/mol. The Morgan fingerprint density at radius 1 is 1.56 bits per heavy atom. The summed E-state index contributed by atoms with van der Waals surface area (Å²) in [6.07, 6.45) is 4.52. The van der Waals surface area contributed by atoms with E-state index >= 15 is 0 Å². The number of rotatable bonds is 5. The second kappa shape index (κ2) is 6.83. The van der Waals surface area contributed by atoms with Gasteiger partial charge in [0, 0.05) is 25.9 Å². The van der Waals surface area contributed by atoms with Gasteiger partial charge >= 0.3 is 0 Å². The Morgan fingerprint density at radius 3 is 3.11 bits per heavy atom. The van der Waals surface area contributed by atoms with Crippen molar-refractivity contribution in [3.63, 3.8) is 0 Å². The molecule has 1 saturated heterocycles. The van der Waals surface area contributed by atoms with Gasteiger partial charge in [-0.05, 0) is 38.4 Å². The van der Waals surface area contributed by atoms with Crippen molar-refractivity contribution in [1.29, 1.82) is 0 Å². The van der Waals surface area contributed by atoms with Gasteiger partial charge in [-0.25, -0.2) is 0 Å². The van der Waals surface area contributed by atoms with Crippen LogP contribution in [0.1, 0.15) is 31.5 Å². The van der Waals surface area contributed by atoms with Gasteiger partial charge in [-0.15, -0.1) is 0 Å². The number of likely N-dealkylation sites (tertiary alicyclic amines) is 1. The first-order valence-corrected chi connectivity index (χ1v) is 6.81. The molecule has 0 spiro atoms. The SMILES string of the molecule is CCOC1CCCN(C(CN)c2ccccn2)C1. The lowest BCUT2D eigenvalue weighted by atomic mass is 10.0. The lowest BCUT2D eigenvalue weighted by molar-refractivity contribution is -0.00711. The van der Waals surface area contributed by atoms with Crippen LogP contribution in [0.15, 0.2) is 24.4 Å². The van der Waals surface area contributed by atoms with Crippen LogP contribution in [-0.2, 0) is 4.74 Å². The predicted molar refractivity (Wildman–Crippen MR) is 72.3 cm³/mol. The van der Waals surface area contributed by atoms with Crippen molar-refractivity contribution in [1.82, 2.24) is 9.88 Å². The van der Waals surface area contributed by atoms with Crippen LogP contribution in [0.2, 0.25) is 0 Å². The summed E-state index contributed by atoms with van der Waals surface area (Å²) in [6.45, 7) is 5.50. The van der Waals surface area contributed by atoms with E-state index in [1.54, 1.807) is 0 Å². The molecule has 0 amide bonds. The van der Waals surface area contributed by atoms with Crippen molar-refractivity contribution in [2.75, 3.05) is 26.2 Å². The largest absolute Gasteiger partial charge is 0.377 e. The fraction of sp³-hybridized carbons (Fsp3) is 0.643. The van der Waals surface area contributed by atoms with E-state index in [0.29, 0.717) is 12.6 Å². The topological polar surface area (TPSA) is 51.4 Å². The van der Waals surface area contributed by atoms with Gasteiger partial charge in [0.05, 0.1) is 17.8 Å². The zero-order chi connectivity index (χ0) is 12.8. The van der Waals surface area contributed by atoms with E-state index in [1.165, 1.54) is 6.42 Å². The maximum atomic E-state index is 5.93. The van der Waals surface area contributed by atoms with E-state index in [2.05, 4.69) is 22.9 Å². The van der Waals surface area contributed by atoms with Crippen molar-refractivity contribution in [3.8, 4) is 0 Å². The summed E-state index contributed by atoms with van der Waals surface area (Å²) in [7, 11) is 0. The third-order valence-corrected chi connectivity index (χ3v) is 3.51. The standard InChI is InChI=1S/C14H23N3O/c1-2-18-12-6-5-9-17(11-12)14(10-15)13-7-3-4-8-16-13/h3-4,7-8,12,14H,2,5-6,9-11,15H2,1H3. The van der Waals surface area contributed by atoms with E-state index in [1.807, 2.05) is 18.3 Å². The number of nitrogens with zero attached hydrogens (tertiary/aromatic N) is 2. The number of piperidine rings is 1. The third-order valence-electron chi connectivity index (χ3n) is 3.51. The van der Waals surface area contributed by atoms with E-state index in [0.717, 1.165) is 31.8 Å². The van der Waals surface area contributed by atoms with Crippen LogP contribution in [-0.4, -0.2) is 42.2 Å². The van der Waals surface area contributed by atoms with Crippen molar-refractivity contribution in [2.45, 2.75) is 31.9 Å². The van der Waals surface area contributed by atoms with Crippen molar-refractivity contribution >= 4 is 0 Å². The highest BCUT2D eigenvalue weighted by atomic mass is 16.5. The molecule has 2 N–H and O–H groups in total. The summed E-state index contributed by atoms with van der Waals surface area (Å²) in [4.78, 5) is 6.84. The molecule has 2 heterocycles. The Hall–Kier alpha value is -0.970. The van der Waals surface area contributed by atoms with Crippen molar-refractivity contribution < 1.29 is 4.74 Å². The molecule has 1 aromatic heterocycles. The Morgan fingerprint density at radius 2 is 2.44 bits per heavy atom. The van der Waals surface area contributed by atoms with Crippen LogP contribution in [0.4, 0.5) is 0 Å². The molecule has 0 radical (unpaired) electrons. The van der Waals surface area contributed by atoms with Gasteiger partial charge in [0.15, 0.2) is 0 Å². The molecule has 0 bridgehead atoms. The number of nitrogens with two attached hydrogens (primary N) is 1. The van der Waals surface area contributed by atoms with E-state index in [9.17, 15) is 0 Å². The van der Waals surface area contributed by atoms with Gasteiger partial charge in [0.2, 0.25) is 0 Å². The van der Waals surface area contributed by atoms with Gasteiger partial charge in [-0.3, -0.25) is 9.88 Å². The smallest absolute Gasteiger partial charge is 0.0702 e. The zero-order valence-electron chi connectivity index (χ0n) is 11.1. The van der Waals surface area contributed by atoms with Gasteiger partial charge in [-0.1, -0.05) is 6.07 Å². The highest BCUT2D eigenvalue weighted by Crippen LogP contribution is 2.23. The van der Waals surface area contributed by atoms with E-state index < -0.39 is 0 Å². The quantitative estimate of drug-likeness (QED) is 0.861. The number of ether oxygens (including phenoxy) is 1. The number of pyridine rings is 1. The van der Waals surface area contributed by atoms with E-state index in [4.69, 9.17) is 10.5 Å². The fourth-order valence-corrected chi connectivity index (χ4v) is 2.65. The Labute approximate surface area is 109 Å². The van der Waals surface area contributed by atoms with Crippen LogP contribution in [0.3, 0.4) is 0 Å². The molecule has 4 nitrogen and oxygen atoms in total. The summed E-state index contributed by atoms with van der Waals surface area (Å²) >= 11 is 0. The normalized spacial score (nSPS) is 22.9. The summed E-state index contributed by atoms with van der Waals surface area (Å²) in [6, 6.07) is 6.24. The molecule has 1 aliphatic heterocycles. The maximum Gasteiger partial charge on any atom is 0.0702 e. The van der Waals surface area contributed by atoms with Gasteiger partial charge in [0.1, 0.15) is 0 Å². The summed E-state index contributed by atoms with van der Waals surface area (Å²) in [5.74, 6) is 0. The highest BCUT2D eigenvalue weighted by Gasteiger charge is 2.26. The highest BCUT2D eigenvalue weighted by molar-refractivity contribution is 5.09. The first-order valence-electron chi connectivity index (χ1n) is 6.81. The minimum atomic E-state index is 0.217. The summed E-state index contributed by atoms with van der Waals surface area (Å²) < 4.78 is 5.74. The molecule has 100 valence electrons. The maximum absolute atomic E-state index is 5.93. The minimum absolute atomic E-state index is 0.217. The Kier molecular flexibility index (Phi) is 5.11. The molecule has 2 rings (SSSR count). The Bertz CT molecular complexity index is 342. The van der Waals surface area contributed by atoms with Crippen molar-refractivity contribution in [2.24, 2.45) is 5.73 Å². The third kappa shape index (κ3) is 3.28. The van der Waals surface area contributed by atoms with Crippen LogP contribution in [0.5, 0.6) is 0 Å². The van der Waals surface area contributed by atoms with Crippen LogP contribution >= 0.6 is 0 Å². The molecule has 0 aromatic carbocycles. The molecule has 2 atom stereocenters. The van der Waals surface area contributed by atoms with Crippen LogP contribution in [0, 0.1) is 0 Å². The second-order valence-electron chi connectivity index (χ2n) is 4.72. The molecule has 1 aromatic rings. The molecular formula is C14H23N3O. The van der Waals surface area contributed by atoms with E-state index in [-0.39, 0.29) is 6.04 Å². The predicted octanol–water partition coefficient (Wildman–Crippen LogP) is 1.58. The molecule has 1 fully saturated rings. The van der Waals surface area contributed by atoms with Crippen LogP contribution < -0.4 is 5.73 Å². The lowest BCUT2D eigenvalue weighted by Crippen LogP contribution is -2.44. The molecule has 1 aliphatic rings. The first kappa shape index (κ1) is 13.5. The minimum Gasteiger partial charge on any atom is -0.377 e. The first-order chi connectivity index (χ1) is 8.85. The molecular weight excluding hydrogens is 226 g/mol. The Balaban J connectivity index is 2.03. The fourth-order valence-electron chi connectivity index (χ4n) is 2.65. The molecule has 2 unspecified atom stereocenters. The average Bonchev–Trinajstić information content (AvgIpc) is 2.42. The number of hydrogen-bond donors (Lipinski definition) is 1. The molecule has 0 aliphatic carbocycles. The molecule has 4 heteroatoms. The number of hydrogen-bond acceptors (Lipinski definition) is 4. The lowest BCUT2D eigenvalue weighted by Gasteiger charge is -2.37.